The molecule has 1 unspecified atom stereocenters. The van der Waals surface area contributed by atoms with Crippen LogP contribution in [0.4, 0.5) is 0 Å². The summed E-state index contributed by atoms with van der Waals surface area (Å²) in [6, 6.07) is 8.24. The predicted molar refractivity (Wildman–Crippen MR) is 97.4 cm³/mol. The van der Waals surface area contributed by atoms with E-state index in [2.05, 4.69) is 10.8 Å². The van der Waals surface area contributed by atoms with Gasteiger partial charge in [-0.1, -0.05) is 23.7 Å². The van der Waals surface area contributed by atoms with Crippen molar-refractivity contribution < 1.29 is 13.2 Å². The number of hydrogen-bond donors (Lipinski definition) is 1. The molecule has 0 amide bonds. The Hall–Kier alpha value is -1.56. The maximum atomic E-state index is 12.8. The minimum absolute atomic E-state index is 0.0332. The van der Waals surface area contributed by atoms with Crippen LogP contribution in [0.3, 0.4) is 0 Å². The molecule has 130 valence electrons. The number of ether oxygens (including phenoxy) is 1. The first kappa shape index (κ1) is 18.8. The van der Waals surface area contributed by atoms with E-state index in [4.69, 9.17) is 16.3 Å². The fourth-order valence-electron chi connectivity index (χ4n) is 2.67. The summed E-state index contributed by atoms with van der Waals surface area (Å²) in [6.07, 6.45) is 0. The summed E-state index contributed by atoms with van der Waals surface area (Å²) in [5.41, 5.74) is 4.30. The Labute approximate surface area is 148 Å². The normalized spacial score (nSPS) is 12.9. The molecule has 0 bridgehead atoms. The van der Waals surface area contributed by atoms with Gasteiger partial charge in [0.1, 0.15) is 10.6 Å². The lowest BCUT2D eigenvalue weighted by Crippen LogP contribution is -2.27. The average molecular weight is 368 g/mol. The fourth-order valence-corrected chi connectivity index (χ4v) is 4.32. The van der Waals surface area contributed by atoms with Gasteiger partial charge in [0.15, 0.2) is 0 Å². The van der Waals surface area contributed by atoms with Crippen molar-refractivity contribution in [1.29, 1.82) is 0 Å². The van der Waals surface area contributed by atoms with Crippen molar-refractivity contribution in [2.75, 3.05) is 7.11 Å². The highest BCUT2D eigenvalue weighted by molar-refractivity contribution is 7.89. The summed E-state index contributed by atoms with van der Waals surface area (Å²) < 4.78 is 33.4. The number of rotatable bonds is 5. The van der Waals surface area contributed by atoms with E-state index in [1.165, 1.54) is 18.7 Å². The Morgan fingerprint density at radius 1 is 1.04 bits per heavy atom. The van der Waals surface area contributed by atoms with Crippen LogP contribution in [0.1, 0.15) is 35.2 Å². The summed E-state index contributed by atoms with van der Waals surface area (Å²) in [5, 5.41) is 0.339. The van der Waals surface area contributed by atoms with Crippen LogP contribution in [0.25, 0.3) is 0 Å². The lowest BCUT2D eigenvalue weighted by Gasteiger charge is -2.19. The highest BCUT2D eigenvalue weighted by Gasteiger charge is 2.23. The zero-order chi connectivity index (χ0) is 18.1. The van der Waals surface area contributed by atoms with Crippen molar-refractivity contribution in [1.82, 2.24) is 4.72 Å². The van der Waals surface area contributed by atoms with Crippen molar-refractivity contribution in [3.8, 4) is 5.75 Å². The summed E-state index contributed by atoms with van der Waals surface area (Å²) >= 11 is 5.95. The molecule has 0 spiro atoms. The molecular weight excluding hydrogens is 346 g/mol. The number of hydrogen-bond acceptors (Lipinski definition) is 3. The van der Waals surface area contributed by atoms with Gasteiger partial charge in [0.2, 0.25) is 10.0 Å². The van der Waals surface area contributed by atoms with Gasteiger partial charge in [-0.2, -0.15) is 0 Å². The SMILES string of the molecule is COc1ccc(Cl)cc1S(=O)(=O)NC(C)c1cc(C)c(C)cc1C. The quantitative estimate of drug-likeness (QED) is 0.856. The number of methoxy groups -OCH3 is 1. The van der Waals surface area contributed by atoms with Gasteiger partial charge in [-0.3, -0.25) is 0 Å². The van der Waals surface area contributed by atoms with E-state index < -0.39 is 10.0 Å². The van der Waals surface area contributed by atoms with E-state index in [0.29, 0.717) is 5.02 Å². The maximum absolute atomic E-state index is 12.8. The first-order valence-electron chi connectivity index (χ1n) is 7.59. The molecule has 0 aliphatic heterocycles. The molecule has 0 aromatic heterocycles. The van der Waals surface area contributed by atoms with Crippen molar-refractivity contribution >= 4 is 21.6 Å². The van der Waals surface area contributed by atoms with E-state index in [9.17, 15) is 8.42 Å². The smallest absolute Gasteiger partial charge is 0.244 e. The van der Waals surface area contributed by atoms with Crippen molar-refractivity contribution in [2.45, 2.75) is 38.6 Å². The van der Waals surface area contributed by atoms with E-state index in [1.54, 1.807) is 12.1 Å². The third-order valence-corrected chi connectivity index (χ3v) is 5.89. The molecule has 0 fully saturated rings. The number of sulfonamides is 1. The summed E-state index contributed by atoms with van der Waals surface area (Å²) in [4.78, 5) is 0.0332. The van der Waals surface area contributed by atoms with Gasteiger partial charge in [-0.15, -0.1) is 0 Å². The van der Waals surface area contributed by atoms with Gasteiger partial charge in [-0.25, -0.2) is 13.1 Å². The van der Waals surface area contributed by atoms with Crippen molar-refractivity contribution in [3.63, 3.8) is 0 Å². The number of benzene rings is 2. The molecule has 0 saturated heterocycles. The van der Waals surface area contributed by atoms with Crippen LogP contribution < -0.4 is 9.46 Å². The van der Waals surface area contributed by atoms with Crippen LogP contribution in [0.5, 0.6) is 5.75 Å². The Balaban J connectivity index is 2.39. The Morgan fingerprint density at radius 2 is 1.67 bits per heavy atom. The van der Waals surface area contributed by atoms with E-state index in [1.807, 2.05) is 33.8 Å². The minimum atomic E-state index is -3.77. The number of nitrogens with one attached hydrogen (secondary N) is 1. The van der Waals surface area contributed by atoms with Crippen molar-refractivity contribution in [3.05, 3.63) is 57.6 Å². The van der Waals surface area contributed by atoms with Crippen LogP contribution in [0.2, 0.25) is 5.02 Å². The van der Waals surface area contributed by atoms with Gasteiger partial charge >= 0.3 is 0 Å². The fraction of sp³-hybridized carbons (Fsp3) is 0.333. The Bertz CT molecular complexity index is 863. The van der Waals surface area contributed by atoms with E-state index >= 15 is 0 Å². The van der Waals surface area contributed by atoms with Gasteiger partial charge in [0.25, 0.3) is 0 Å². The second kappa shape index (κ2) is 7.13. The van der Waals surface area contributed by atoms with Crippen LogP contribution in [-0.4, -0.2) is 15.5 Å². The number of halogens is 1. The van der Waals surface area contributed by atoms with E-state index in [0.717, 1.165) is 16.7 Å². The molecule has 24 heavy (non-hydrogen) atoms. The minimum Gasteiger partial charge on any atom is -0.495 e. The molecule has 2 aromatic rings. The zero-order valence-electron chi connectivity index (χ0n) is 14.5. The second-order valence-corrected chi connectivity index (χ2v) is 8.05. The first-order valence-corrected chi connectivity index (χ1v) is 9.45. The molecule has 2 aromatic carbocycles. The molecule has 0 saturated carbocycles. The van der Waals surface area contributed by atoms with Crippen LogP contribution in [0.15, 0.2) is 35.2 Å². The number of aryl methyl sites for hydroxylation is 3. The molecule has 2 rings (SSSR count). The largest absolute Gasteiger partial charge is 0.495 e. The first-order chi connectivity index (χ1) is 11.2. The summed E-state index contributed by atoms with van der Waals surface area (Å²) in [6.45, 7) is 7.86. The Kier molecular flexibility index (Phi) is 5.58. The lowest BCUT2D eigenvalue weighted by atomic mass is 9.97. The Morgan fingerprint density at radius 3 is 2.29 bits per heavy atom. The molecular formula is C18H22ClNO3S. The molecule has 0 radical (unpaired) electrons. The third-order valence-electron chi connectivity index (χ3n) is 4.10. The van der Waals surface area contributed by atoms with Gasteiger partial charge < -0.3 is 4.74 Å². The molecule has 1 atom stereocenters. The molecule has 6 heteroatoms. The van der Waals surface area contributed by atoms with Crippen LogP contribution in [0, 0.1) is 20.8 Å². The highest BCUT2D eigenvalue weighted by Crippen LogP contribution is 2.29. The molecule has 0 heterocycles. The topological polar surface area (TPSA) is 55.4 Å². The zero-order valence-corrected chi connectivity index (χ0v) is 16.0. The lowest BCUT2D eigenvalue weighted by molar-refractivity contribution is 0.402. The van der Waals surface area contributed by atoms with Crippen LogP contribution >= 0.6 is 11.6 Å². The monoisotopic (exact) mass is 367 g/mol. The van der Waals surface area contributed by atoms with E-state index in [-0.39, 0.29) is 16.7 Å². The predicted octanol–water partition coefficient (Wildman–Crippen LogP) is 4.31. The molecule has 1 N–H and O–H groups in total. The highest BCUT2D eigenvalue weighted by atomic mass is 35.5. The van der Waals surface area contributed by atoms with Crippen LogP contribution in [-0.2, 0) is 10.0 Å². The standard InChI is InChI=1S/C18H22ClNO3S/c1-11-8-13(3)16(9-12(11)2)14(4)20-24(21,22)18-10-15(19)6-7-17(18)23-5/h6-10,14,20H,1-5H3. The van der Waals surface area contributed by atoms with Gasteiger partial charge in [0.05, 0.1) is 7.11 Å². The maximum Gasteiger partial charge on any atom is 0.244 e. The molecule has 0 aliphatic rings. The summed E-state index contributed by atoms with van der Waals surface area (Å²) in [5.74, 6) is 0.260. The third kappa shape index (κ3) is 3.91. The summed E-state index contributed by atoms with van der Waals surface area (Å²) in [7, 11) is -2.34. The van der Waals surface area contributed by atoms with Gasteiger partial charge in [0, 0.05) is 11.1 Å². The van der Waals surface area contributed by atoms with Crippen molar-refractivity contribution in [2.24, 2.45) is 0 Å². The molecule has 0 aliphatic carbocycles. The average Bonchev–Trinajstić information content (AvgIpc) is 2.50. The molecule has 4 nitrogen and oxygen atoms in total. The van der Waals surface area contributed by atoms with Gasteiger partial charge in [-0.05, 0) is 68.1 Å². The second-order valence-electron chi connectivity index (χ2n) is 5.93.